The summed E-state index contributed by atoms with van der Waals surface area (Å²) in [6.45, 7) is 0. The van der Waals surface area contributed by atoms with Crippen LogP contribution in [0.2, 0.25) is 0 Å². The Labute approximate surface area is 170 Å². The van der Waals surface area contributed by atoms with Crippen LogP contribution in [-0.4, -0.2) is 27.0 Å². The number of aromatic nitrogens is 3. The minimum atomic E-state index is -4.67. The molecule has 0 aliphatic rings. The smallest absolute Gasteiger partial charge is 0.322 e. The van der Waals surface area contributed by atoms with E-state index in [-0.39, 0.29) is 12.3 Å². The van der Waals surface area contributed by atoms with Crippen molar-refractivity contribution in [1.82, 2.24) is 15.2 Å². The van der Waals surface area contributed by atoms with E-state index in [2.05, 4.69) is 36.6 Å². The largest absolute Gasteiger partial charge is 0.451 e. The third-order valence-corrected chi connectivity index (χ3v) is 4.22. The van der Waals surface area contributed by atoms with Gasteiger partial charge < -0.3 is 5.32 Å². The van der Waals surface area contributed by atoms with Gasteiger partial charge in [-0.05, 0) is 42.0 Å². The molecule has 2 aromatic carbocycles. The molecule has 0 unspecified atom stereocenters. The first-order valence-corrected chi connectivity index (χ1v) is 8.95. The van der Waals surface area contributed by atoms with E-state index in [1.165, 1.54) is 0 Å². The van der Waals surface area contributed by atoms with Crippen molar-refractivity contribution in [2.24, 2.45) is 0 Å². The number of carbonyl (C=O) groups is 2. The molecule has 7 nitrogen and oxygen atoms in total. The Morgan fingerprint density at radius 3 is 2.24 bits per heavy atom. The third kappa shape index (κ3) is 5.64. The Bertz CT molecular complexity index is 1020. The van der Waals surface area contributed by atoms with Gasteiger partial charge in [0, 0.05) is 15.7 Å². The molecule has 0 saturated heterocycles. The summed E-state index contributed by atoms with van der Waals surface area (Å²) < 4.78 is 38.2. The Kier molecular flexibility index (Phi) is 5.97. The number of nitrogens with zero attached hydrogens (tertiary/aromatic N) is 2. The Morgan fingerprint density at radius 1 is 1.00 bits per heavy atom. The highest BCUT2D eigenvalue weighted by Crippen LogP contribution is 2.26. The lowest BCUT2D eigenvalue weighted by Crippen LogP contribution is -2.16. The van der Waals surface area contributed by atoms with Gasteiger partial charge in [0.05, 0.1) is 6.42 Å². The number of rotatable bonds is 5. The lowest BCUT2D eigenvalue weighted by atomic mass is 10.1. The second-order valence-corrected chi connectivity index (χ2v) is 6.80. The highest BCUT2D eigenvalue weighted by molar-refractivity contribution is 9.10. The highest BCUT2D eigenvalue weighted by atomic mass is 79.9. The van der Waals surface area contributed by atoms with Gasteiger partial charge in [-0.25, -0.2) is 0 Å². The normalized spacial score (nSPS) is 11.2. The van der Waals surface area contributed by atoms with Crippen molar-refractivity contribution < 1.29 is 22.8 Å². The zero-order valence-corrected chi connectivity index (χ0v) is 16.1. The molecule has 29 heavy (non-hydrogen) atoms. The van der Waals surface area contributed by atoms with Gasteiger partial charge in [0.2, 0.25) is 17.7 Å². The summed E-state index contributed by atoms with van der Waals surface area (Å²) in [6.07, 6.45) is -4.77. The van der Waals surface area contributed by atoms with Gasteiger partial charge in [-0.3, -0.25) is 20.0 Å². The topological polar surface area (TPSA) is 99.8 Å². The highest BCUT2D eigenvalue weighted by Gasteiger charge is 2.35. The van der Waals surface area contributed by atoms with Crippen molar-refractivity contribution in [3.05, 3.63) is 70.0 Å². The first kappa shape index (κ1) is 20.5. The van der Waals surface area contributed by atoms with E-state index >= 15 is 0 Å². The van der Waals surface area contributed by atoms with Crippen LogP contribution in [0, 0.1) is 0 Å². The second-order valence-electron chi connectivity index (χ2n) is 5.89. The van der Waals surface area contributed by atoms with Gasteiger partial charge >= 0.3 is 6.18 Å². The summed E-state index contributed by atoms with van der Waals surface area (Å²) in [5, 5.41) is 9.94. The number of carbonyl (C=O) groups excluding carboxylic acids is 2. The van der Waals surface area contributed by atoms with E-state index in [9.17, 15) is 22.8 Å². The summed E-state index contributed by atoms with van der Waals surface area (Å²) in [5.74, 6) is -2.61. The fraction of sp³-hybridized carbons (Fsp3) is 0.111. The lowest BCUT2D eigenvalue weighted by molar-refractivity contribution is -0.144. The van der Waals surface area contributed by atoms with E-state index < -0.39 is 23.9 Å². The Balaban J connectivity index is 1.56. The van der Waals surface area contributed by atoms with E-state index in [4.69, 9.17) is 0 Å². The maximum atomic E-state index is 12.5. The van der Waals surface area contributed by atoms with Crippen molar-refractivity contribution in [2.45, 2.75) is 12.6 Å². The molecule has 0 spiro atoms. The number of benzene rings is 2. The van der Waals surface area contributed by atoms with Crippen LogP contribution in [0.4, 0.5) is 24.8 Å². The van der Waals surface area contributed by atoms with Crippen molar-refractivity contribution in [3.8, 4) is 0 Å². The summed E-state index contributed by atoms with van der Waals surface area (Å²) in [7, 11) is 0. The molecule has 0 radical (unpaired) electrons. The second kappa shape index (κ2) is 8.43. The van der Waals surface area contributed by atoms with Gasteiger partial charge in [-0.15, -0.1) is 5.10 Å². The molecule has 3 N–H and O–H groups in total. The molecule has 0 fully saturated rings. The number of anilines is 2. The van der Waals surface area contributed by atoms with Gasteiger partial charge in [0.25, 0.3) is 5.91 Å². The summed E-state index contributed by atoms with van der Waals surface area (Å²) in [4.78, 5) is 27.3. The van der Waals surface area contributed by atoms with Crippen LogP contribution >= 0.6 is 15.9 Å². The number of alkyl halides is 3. The zero-order valence-electron chi connectivity index (χ0n) is 14.5. The average molecular weight is 468 g/mol. The quantitative estimate of drug-likeness (QED) is 0.527. The molecular formula is C18H13BrF3N5O2. The van der Waals surface area contributed by atoms with E-state index in [0.717, 1.165) is 4.47 Å². The van der Waals surface area contributed by atoms with Gasteiger partial charge in [0.1, 0.15) is 0 Å². The van der Waals surface area contributed by atoms with Gasteiger partial charge in [-0.1, -0.05) is 28.1 Å². The standard InChI is InChI=1S/C18H13BrF3N5O2/c19-12-5-3-11(4-6-12)15(29)23-13-7-1-10(2-8-13)9-14(28)24-17-25-16(26-27-17)18(20,21)22/h1-8H,9H2,(H,23,29)(H2,24,25,26,27,28). The predicted molar refractivity (Wildman–Crippen MR) is 102 cm³/mol. The molecule has 150 valence electrons. The molecule has 0 saturated carbocycles. The number of halogens is 4. The fourth-order valence-electron chi connectivity index (χ4n) is 2.31. The third-order valence-electron chi connectivity index (χ3n) is 3.69. The molecular weight excluding hydrogens is 455 g/mol. The fourth-order valence-corrected chi connectivity index (χ4v) is 2.57. The Morgan fingerprint density at radius 2 is 1.66 bits per heavy atom. The minimum Gasteiger partial charge on any atom is -0.322 e. The molecule has 3 rings (SSSR count). The predicted octanol–water partition coefficient (Wildman–Crippen LogP) is 4.02. The van der Waals surface area contributed by atoms with Gasteiger partial charge in [-0.2, -0.15) is 18.2 Å². The SMILES string of the molecule is O=C(Cc1ccc(NC(=O)c2ccc(Br)cc2)cc1)Nc1n[nH]c(C(F)(F)F)n1. The molecule has 0 atom stereocenters. The number of nitrogens with one attached hydrogen (secondary N) is 3. The van der Waals surface area contributed by atoms with Crippen molar-refractivity contribution in [2.75, 3.05) is 10.6 Å². The van der Waals surface area contributed by atoms with Crippen LogP contribution < -0.4 is 10.6 Å². The van der Waals surface area contributed by atoms with Crippen LogP contribution in [0.15, 0.2) is 53.0 Å². The lowest BCUT2D eigenvalue weighted by Gasteiger charge is -2.07. The number of H-pyrrole nitrogens is 1. The average Bonchev–Trinajstić information content (AvgIpc) is 3.12. The van der Waals surface area contributed by atoms with Crippen LogP contribution in [0.25, 0.3) is 0 Å². The zero-order chi connectivity index (χ0) is 21.0. The number of amides is 2. The monoisotopic (exact) mass is 467 g/mol. The molecule has 2 amide bonds. The van der Waals surface area contributed by atoms with E-state index in [1.807, 2.05) is 0 Å². The minimum absolute atomic E-state index is 0.100. The van der Waals surface area contributed by atoms with Gasteiger partial charge in [0.15, 0.2) is 0 Å². The maximum Gasteiger partial charge on any atom is 0.451 e. The Hall–Kier alpha value is -3.21. The molecule has 3 aromatic rings. The first-order chi connectivity index (χ1) is 13.7. The number of hydrogen-bond acceptors (Lipinski definition) is 4. The number of aromatic amines is 1. The molecule has 11 heteroatoms. The number of hydrogen-bond donors (Lipinski definition) is 3. The molecule has 0 aliphatic heterocycles. The first-order valence-electron chi connectivity index (χ1n) is 8.16. The van der Waals surface area contributed by atoms with Crippen LogP contribution in [0.3, 0.4) is 0 Å². The molecule has 0 aliphatic carbocycles. The van der Waals surface area contributed by atoms with Crippen LogP contribution in [-0.2, 0) is 17.4 Å². The summed E-state index contributed by atoms with van der Waals surface area (Å²) >= 11 is 3.30. The maximum absolute atomic E-state index is 12.5. The van der Waals surface area contributed by atoms with E-state index in [1.54, 1.807) is 53.6 Å². The van der Waals surface area contributed by atoms with Crippen LogP contribution in [0.5, 0.6) is 0 Å². The summed E-state index contributed by atoms with van der Waals surface area (Å²) in [5.41, 5.74) is 1.61. The molecule has 1 aromatic heterocycles. The molecule has 1 heterocycles. The van der Waals surface area contributed by atoms with E-state index in [0.29, 0.717) is 16.8 Å². The molecule has 0 bridgehead atoms. The van der Waals surface area contributed by atoms with Crippen molar-refractivity contribution in [1.29, 1.82) is 0 Å². The summed E-state index contributed by atoms with van der Waals surface area (Å²) in [6, 6.07) is 13.3. The van der Waals surface area contributed by atoms with Crippen molar-refractivity contribution >= 4 is 39.4 Å². The van der Waals surface area contributed by atoms with Crippen LogP contribution in [0.1, 0.15) is 21.7 Å². The van der Waals surface area contributed by atoms with Crippen molar-refractivity contribution in [3.63, 3.8) is 0 Å².